The number of piperazine rings is 1. The van der Waals surface area contributed by atoms with Crippen LogP contribution in [-0.4, -0.2) is 77.7 Å². The van der Waals surface area contributed by atoms with Gasteiger partial charge in [0, 0.05) is 69.0 Å². The van der Waals surface area contributed by atoms with Crippen LogP contribution in [0, 0.1) is 18.2 Å². The van der Waals surface area contributed by atoms with Crippen molar-refractivity contribution < 1.29 is 17.5 Å². The Morgan fingerprint density at radius 3 is 2.68 bits per heavy atom. The van der Waals surface area contributed by atoms with E-state index in [1.807, 2.05) is 19.1 Å². The average Bonchev–Trinajstić information content (AvgIpc) is 3.58. The van der Waals surface area contributed by atoms with Crippen LogP contribution < -0.4 is 5.32 Å². The molecule has 38 heavy (non-hydrogen) atoms. The van der Waals surface area contributed by atoms with Crippen LogP contribution in [0.4, 0.5) is 15.8 Å². The molecule has 12 heteroatoms. The SMILES string of the molecule is Cc1cc(Nc2ccc(F)cc2)c(C=N)cc1[C@H]1CN(S(=O)(=O)c2cnn(C)n2)CCN1CC1CCCO1. The van der Waals surface area contributed by atoms with Gasteiger partial charge in [0.2, 0.25) is 5.03 Å². The van der Waals surface area contributed by atoms with Crippen molar-refractivity contribution in [2.75, 3.05) is 38.1 Å². The van der Waals surface area contributed by atoms with E-state index in [0.29, 0.717) is 30.9 Å². The molecule has 5 rings (SSSR count). The fraction of sp³-hybridized carbons (Fsp3) is 0.423. The minimum absolute atomic E-state index is 0.0675. The monoisotopic (exact) mass is 541 g/mol. The van der Waals surface area contributed by atoms with E-state index in [1.165, 1.54) is 33.6 Å². The van der Waals surface area contributed by atoms with Crippen LogP contribution >= 0.6 is 0 Å². The molecule has 2 aromatic carbocycles. The van der Waals surface area contributed by atoms with Gasteiger partial charge in [0.25, 0.3) is 10.0 Å². The Balaban J connectivity index is 1.48. The minimum atomic E-state index is -3.82. The molecule has 0 spiro atoms. The number of hydrogen-bond donors (Lipinski definition) is 2. The van der Waals surface area contributed by atoms with Crippen LogP contribution in [0.5, 0.6) is 0 Å². The second kappa shape index (κ2) is 10.9. The number of aromatic nitrogens is 3. The predicted octanol–water partition coefficient (Wildman–Crippen LogP) is 3.23. The van der Waals surface area contributed by atoms with Gasteiger partial charge in [-0.3, -0.25) is 4.90 Å². The van der Waals surface area contributed by atoms with Gasteiger partial charge < -0.3 is 15.5 Å². The summed E-state index contributed by atoms with van der Waals surface area (Å²) in [5.41, 5.74) is 3.99. The van der Waals surface area contributed by atoms with Crippen molar-refractivity contribution in [1.82, 2.24) is 24.2 Å². The first-order valence-electron chi connectivity index (χ1n) is 12.6. The molecule has 2 aliphatic heterocycles. The largest absolute Gasteiger partial charge is 0.377 e. The maximum Gasteiger partial charge on any atom is 0.264 e. The van der Waals surface area contributed by atoms with Crippen LogP contribution in [-0.2, 0) is 21.8 Å². The number of hydrogen-bond acceptors (Lipinski definition) is 8. The van der Waals surface area contributed by atoms with Gasteiger partial charge in [-0.15, -0.1) is 5.10 Å². The van der Waals surface area contributed by atoms with E-state index in [1.54, 1.807) is 19.2 Å². The molecular weight excluding hydrogens is 509 g/mol. The fourth-order valence-corrected chi connectivity index (χ4v) is 6.50. The zero-order valence-corrected chi connectivity index (χ0v) is 22.3. The van der Waals surface area contributed by atoms with Gasteiger partial charge in [-0.25, -0.2) is 12.8 Å². The number of aryl methyl sites for hydroxylation is 2. The maximum atomic E-state index is 13.4. The standard InChI is InChI=1S/C26H32FN7O3S/c1-18-12-24(30-21-7-5-20(27)6-8-21)19(14-28)13-23(18)25-17-34(38(35,36)26-15-29-32(2)31-26)10-9-33(25)16-22-4-3-11-37-22/h5-8,12-15,22,25,28,30H,3-4,9-11,16-17H2,1-2H3/t22?,25-/m1/s1. The summed E-state index contributed by atoms with van der Waals surface area (Å²) in [5.74, 6) is -0.320. The Labute approximate surface area is 222 Å². The zero-order valence-electron chi connectivity index (χ0n) is 21.5. The molecule has 1 unspecified atom stereocenters. The van der Waals surface area contributed by atoms with Crippen LogP contribution in [0.15, 0.2) is 47.6 Å². The van der Waals surface area contributed by atoms with Gasteiger partial charge in [-0.2, -0.15) is 14.2 Å². The maximum absolute atomic E-state index is 13.4. The smallest absolute Gasteiger partial charge is 0.264 e. The Hall–Kier alpha value is -3.19. The Bertz CT molecular complexity index is 1400. The van der Waals surface area contributed by atoms with Crippen molar-refractivity contribution in [3.63, 3.8) is 0 Å². The highest BCUT2D eigenvalue weighted by atomic mass is 32.2. The van der Waals surface area contributed by atoms with E-state index in [-0.39, 0.29) is 29.5 Å². The van der Waals surface area contributed by atoms with Crippen molar-refractivity contribution >= 4 is 27.6 Å². The molecule has 3 aromatic rings. The number of halogens is 1. The van der Waals surface area contributed by atoms with E-state index < -0.39 is 10.0 Å². The van der Waals surface area contributed by atoms with Gasteiger partial charge in [0.05, 0.1) is 12.3 Å². The number of sulfonamides is 1. The summed E-state index contributed by atoms with van der Waals surface area (Å²) in [5, 5.41) is 19.3. The Morgan fingerprint density at radius 1 is 1.24 bits per heavy atom. The van der Waals surface area contributed by atoms with Crippen LogP contribution in [0.3, 0.4) is 0 Å². The van der Waals surface area contributed by atoms with E-state index in [9.17, 15) is 12.8 Å². The lowest BCUT2D eigenvalue weighted by molar-refractivity contribution is 0.0357. The van der Waals surface area contributed by atoms with Crippen LogP contribution in [0.2, 0.25) is 0 Å². The number of rotatable bonds is 8. The van der Waals surface area contributed by atoms with Crippen LogP contribution in [0.1, 0.15) is 35.6 Å². The summed E-state index contributed by atoms with van der Waals surface area (Å²) in [6.07, 6.45) is 4.67. The molecule has 0 saturated carbocycles. The van der Waals surface area contributed by atoms with Crippen molar-refractivity contribution in [1.29, 1.82) is 5.41 Å². The van der Waals surface area contributed by atoms with E-state index >= 15 is 0 Å². The molecule has 0 amide bonds. The molecule has 3 heterocycles. The summed E-state index contributed by atoms with van der Waals surface area (Å²) < 4.78 is 47.6. The molecule has 2 N–H and O–H groups in total. The van der Waals surface area contributed by atoms with Gasteiger partial charge in [0.15, 0.2) is 0 Å². The summed E-state index contributed by atoms with van der Waals surface area (Å²) in [6, 6.07) is 9.71. The first-order chi connectivity index (χ1) is 18.2. The molecule has 2 atom stereocenters. The van der Waals surface area contributed by atoms with Gasteiger partial charge in [-0.1, -0.05) is 0 Å². The Morgan fingerprint density at radius 2 is 2.03 bits per heavy atom. The molecule has 2 fully saturated rings. The molecular formula is C26H32FN7O3S. The number of benzene rings is 2. The molecule has 10 nitrogen and oxygen atoms in total. The van der Waals surface area contributed by atoms with Gasteiger partial charge >= 0.3 is 0 Å². The third-order valence-corrected chi connectivity index (χ3v) is 8.90. The highest BCUT2D eigenvalue weighted by Gasteiger charge is 2.38. The lowest BCUT2D eigenvalue weighted by atomic mass is 9.94. The highest BCUT2D eigenvalue weighted by molar-refractivity contribution is 7.89. The quantitative estimate of drug-likeness (QED) is 0.421. The lowest BCUT2D eigenvalue weighted by Crippen LogP contribution is -2.52. The van der Waals surface area contributed by atoms with E-state index in [4.69, 9.17) is 10.1 Å². The van der Waals surface area contributed by atoms with E-state index in [0.717, 1.165) is 36.3 Å². The molecule has 0 bridgehead atoms. The topological polar surface area (TPSA) is 116 Å². The first-order valence-corrected chi connectivity index (χ1v) is 14.1. The minimum Gasteiger partial charge on any atom is -0.377 e. The summed E-state index contributed by atoms with van der Waals surface area (Å²) in [7, 11) is -2.23. The van der Waals surface area contributed by atoms with E-state index in [2.05, 4.69) is 20.4 Å². The average molecular weight is 542 g/mol. The number of anilines is 2. The summed E-state index contributed by atoms with van der Waals surface area (Å²) in [4.78, 5) is 3.53. The van der Waals surface area contributed by atoms with Crippen LogP contribution in [0.25, 0.3) is 0 Å². The Kier molecular flexibility index (Phi) is 7.57. The highest BCUT2D eigenvalue weighted by Crippen LogP contribution is 2.34. The van der Waals surface area contributed by atoms with Crippen molar-refractivity contribution in [3.05, 3.63) is 65.1 Å². The van der Waals surface area contributed by atoms with Gasteiger partial charge in [0.1, 0.15) is 5.82 Å². The number of ether oxygens (including phenoxy) is 1. The third-order valence-electron chi connectivity index (χ3n) is 7.17. The number of nitrogens with one attached hydrogen (secondary N) is 2. The normalized spacial score (nSPS) is 21.0. The van der Waals surface area contributed by atoms with Crippen molar-refractivity contribution in [2.45, 2.75) is 36.9 Å². The van der Waals surface area contributed by atoms with Crippen molar-refractivity contribution in [3.8, 4) is 0 Å². The van der Waals surface area contributed by atoms with Gasteiger partial charge in [-0.05, 0) is 67.3 Å². The molecule has 1 aromatic heterocycles. The molecule has 202 valence electrons. The first kappa shape index (κ1) is 26.4. The molecule has 0 radical (unpaired) electrons. The molecule has 2 saturated heterocycles. The molecule has 2 aliphatic rings. The fourth-order valence-electron chi connectivity index (χ4n) is 5.17. The zero-order chi connectivity index (χ0) is 26.9. The molecule has 0 aliphatic carbocycles. The summed E-state index contributed by atoms with van der Waals surface area (Å²) in [6.45, 7) is 4.56. The summed E-state index contributed by atoms with van der Waals surface area (Å²) >= 11 is 0. The second-order valence-corrected chi connectivity index (χ2v) is 11.6. The third kappa shape index (κ3) is 5.48. The number of nitrogens with zero attached hydrogens (tertiary/aromatic N) is 5. The predicted molar refractivity (Wildman–Crippen MR) is 142 cm³/mol. The van der Waals surface area contributed by atoms with Crippen molar-refractivity contribution in [2.24, 2.45) is 7.05 Å². The lowest BCUT2D eigenvalue weighted by Gasteiger charge is -2.42. The second-order valence-electron chi connectivity index (χ2n) is 9.75.